The van der Waals surface area contributed by atoms with Gasteiger partial charge < -0.3 is 19.4 Å². The third-order valence-electron chi connectivity index (χ3n) is 4.61. The molecule has 0 spiro atoms. The Labute approximate surface area is 170 Å². The fourth-order valence-corrected chi connectivity index (χ4v) is 4.27. The number of halogens is 1. The molecular weight excluding hydrogens is 402 g/mol. The second kappa shape index (κ2) is 8.30. The molecule has 3 aromatic rings. The third kappa shape index (κ3) is 4.04. The average molecular weight is 424 g/mol. The predicted molar refractivity (Wildman–Crippen MR) is 112 cm³/mol. The monoisotopic (exact) mass is 423 g/mol. The smallest absolute Gasteiger partial charge is 0.261 e. The first-order valence-electron chi connectivity index (χ1n) is 8.71. The van der Waals surface area contributed by atoms with Crippen molar-refractivity contribution in [2.45, 2.75) is 4.90 Å². The van der Waals surface area contributed by atoms with Gasteiger partial charge in [0.2, 0.25) is 0 Å². The van der Waals surface area contributed by atoms with Crippen LogP contribution in [0.2, 0.25) is 0 Å². The molecule has 0 amide bonds. The molecule has 28 heavy (non-hydrogen) atoms. The van der Waals surface area contributed by atoms with Crippen LogP contribution < -0.4 is 19.7 Å². The number of hydrogen-bond donors (Lipinski definition) is 2. The summed E-state index contributed by atoms with van der Waals surface area (Å²) in [5, 5.41) is 4.18. The summed E-state index contributed by atoms with van der Waals surface area (Å²) in [5.41, 5.74) is 2.17. The summed E-state index contributed by atoms with van der Waals surface area (Å²) in [4.78, 5) is 2.38. The van der Waals surface area contributed by atoms with Gasteiger partial charge in [-0.1, -0.05) is 0 Å². The van der Waals surface area contributed by atoms with Crippen LogP contribution in [0, 0.1) is 0 Å². The lowest BCUT2D eigenvalue weighted by Gasteiger charge is -2.29. The zero-order chi connectivity index (χ0) is 18.9. The van der Waals surface area contributed by atoms with Crippen molar-refractivity contribution in [3.63, 3.8) is 0 Å². The van der Waals surface area contributed by atoms with E-state index in [4.69, 9.17) is 9.15 Å². The Morgan fingerprint density at radius 1 is 1.11 bits per heavy atom. The van der Waals surface area contributed by atoms with E-state index in [1.165, 1.54) is 12.1 Å². The van der Waals surface area contributed by atoms with Gasteiger partial charge in [-0.3, -0.25) is 4.72 Å². The molecule has 2 heterocycles. The molecule has 0 unspecified atom stereocenters. The first-order chi connectivity index (χ1) is 13.1. The number of methoxy groups -OCH3 is 1. The van der Waals surface area contributed by atoms with Gasteiger partial charge >= 0.3 is 0 Å². The molecule has 0 atom stereocenters. The topological polar surface area (TPSA) is 83.8 Å². The fraction of sp³-hybridized carbons (Fsp3) is 0.263. The number of sulfonamides is 1. The zero-order valence-electron chi connectivity index (χ0n) is 15.3. The Bertz CT molecular complexity index is 1040. The van der Waals surface area contributed by atoms with E-state index < -0.39 is 10.0 Å². The van der Waals surface area contributed by atoms with Crippen molar-refractivity contribution < 1.29 is 17.6 Å². The van der Waals surface area contributed by atoms with Crippen LogP contribution in [0.3, 0.4) is 0 Å². The third-order valence-corrected chi connectivity index (χ3v) is 6.01. The average Bonchev–Trinajstić information content (AvgIpc) is 3.16. The maximum Gasteiger partial charge on any atom is 0.261 e. The van der Waals surface area contributed by atoms with Gasteiger partial charge in [-0.25, -0.2) is 8.42 Å². The quantitative estimate of drug-likeness (QED) is 0.656. The number of ether oxygens (including phenoxy) is 1. The number of piperazine rings is 1. The van der Waals surface area contributed by atoms with E-state index >= 15 is 0 Å². The van der Waals surface area contributed by atoms with Gasteiger partial charge in [-0.15, -0.1) is 12.4 Å². The molecule has 1 aliphatic rings. The van der Waals surface area contributed by atoms with Crippen LogP contribution in [-0.2, 0) is 10.0 Å². The largest absolute Gasteiger partial charge is 0.497 e. The Kier molecular flexibility index (Phi) is 6.02. The first-order valence-corrected chi connectivity index (χ1v) is 10.2. The van der Waals surface area contributed by atoms with Crippen LogP contribution in [-0.4, -0.2) is 41.7 Å². The van der Waals surface area contributed by atoms with E-state index in [1.54, 1.807) is 31.6 Å². The number of nitrogens with zero attached hydrogens (tertiary/aromatic N) is 1. The number of rotatable bonds is 5. The predicted octanol–water partition coefficient (Wildman–Crippen LogP) is 3.07. The van der Waals surface area contributed by atoms with Crippen molar-refractivity contribution in [1.82, 2.24) is 5.32 Å². The molecule has 1 aliphatic heterocycles. The van der Waals surface area contributed by atoms with Gasteiger partial charge in [0.15, 0.2) is 5.58 Å². The van der Waals surface area contributed by atoms with Gasteiger partial charge in [0.05, 0.1) is 29.6 Å². The Morgan fingerprint density at radius 2 is 1.82 bits per heavy atom. The number of fused-ring (bicyclic) bond motifs is 1. The lowest BCUT2D eigenvalue weighted by Crippen LogP contribution is -2.43. The highest BCUT2D eigenvalue weighted by Crippen LogP contribution is 2.33. The number of hydrogen-bond acceptors (Lipinski definition) is 6. The molecule has 0 saturated carbocycles. The highest BCUT2D eigenvalue weighted by atomic mass is 35.5. The molecule has 1 saturated heterocycles. The number of nitrogens with one attached hydrogen (secondary N) is 2. The summed E-state index contributed by atoms with van der Waals surface area (Å²) >= 11 is 0. The summed E-state index contributed by atoms with van der Waals surface area (Å²) in [5.74, 6) is 0.606. The van der Waals surface area contributed by atoms with Crippen LogP contribution in [0.25, 0.3) is 11.0 Å². The SMILES string of the molecule is COc1ccc(S(=O)(=O)Nc2cc(N3CCNCC3)c3occc3c2)cc1.Cl. The van der Waals surface area contributed by atoms with Gasteiger partial charge in [0.1, 0.15) is 5.75 Å². The molecular formula is C19H22ClN3O4S. The van der Waals surface area contributed by atoms with E-state index in [2.05, 4.69) is 14.9 Å². The molecule has 0 bridgehead atoms. The normalized spacial score (nSPS) is 14.5. The second-order valence-corrected chi connectivity index (χ2v) is 8.03. The molecule has 0 radical (unpaired) electrons. The van der Waals surface area contributed by atoms with E-state index in [1.807, 2.05) is 12.1 Å². The lowest BCUT2D eigenvalue weighted by molar-refractivity contribution is 0.414. The summed E-state index contributed by atoms with van der Waals surface area (Å²) < 4.78 is 38.9. The van der Waals surface area contributed by atoms with E-state index in [0.29, 0.717) is 11.4 Å². The second-order valence-electron chi connectivity index (χ2n) is 6.35. The van der Waals surface area contributed by atoms with Crippen molar-refractivity contribution in [2.24, 2.45) is 0 Å². The lowest BCUT2D eigenvalue weighted by atomic mass is 10.2. The van der Waals surface area contributed by atoms with Crippen LogP contribution in [0.5, 0.6) is 5.75 Å². The highest BCUT2D eigenvalue weighted by Gasteiger charge is 2.19. The minimum Gasteiger partial charge on any atom is -0.497 e. The van der Waals surface area contributed by atoms with Gasteiger partial charge in [0.25, 0.3) is 10.0 Å². The van der Waals surface area contributed by atoms with Gasteiger partial charge in [-0.05, 0) is 42.5 Å². The number of furan rings is 1. The molecule has 2 aromatic carbocycles. The van der Waals surface area contributed by atoms with E-state index in [-0.39, 0.29) is 17.3 Å². The Morgan fingerprint density at radius 3 is 2.50 bits per heavy atom. The minimum atomic E-state index is -3.70. The summed E-state index contributed by atoms with van der Waals surface area (Å²) in [6, 6.07) is 11.7. The first kappa shape index (κ1) is 20.3. The van der Waals surface area contributed by atoms with E-state index in [9.17, 15) is 8.42 Å². The molecule has 150 valence electrons. The highest BCUT2D eigenvalue weighted by molar-refractivity contribution is 7.92. The maximum atomic E-state index is 12.8. The summed E-state index contributed by atoms with van der Waals surface area (Å²) in [7, 11) is -2.16. The molecule has 4 rings (SSSR count). The molecule has 2 N–H and O–H groups in total. The van der Waals surface area contributed by atoms with Crippen molar-refractivity contribution in [1.29, 1.82) is 0 Å². The van der Waals surface area contributed by atoms with E-state index in [0.717, 1.165) is 42.8 Å². The van der Waals surface area contributed by atoms with Crippen LogP contribution >= 0.6 is 12.4 Å². The van der Waals surface area contributed by atoms with Crippen LogP contribution in [0.1, 0.15) is 0 Å². The maximum absolute atomic E-state index is 12.8. The zero-order valence-corrected chi connectivity index (χ0v) is 17.0. The Hall–Kier alpha value is -2.42. The standard InChI is InChI=1S/C19H21N3O4S.ClH/c1-25-16-2-4-17(5-3-16)27(23,24)21-15-12-14-6-11-26-19(14)18(13-15)22-9-7-20-8-10-22;/h2-6,11-13,20-21H,7-10H2,1H3;1H. The number of anilines is 2. The molecule has 1 fully saturated rings. The minimum absolute atomic E-state index is 0. The number of benzene rings is 2. The molecule has 7 nitrogen and oxygen atoms in total. The summed E-state index contributed by atoms with van der Waals surface area (Å²) in [6.45, 7) is 3.43. The molecule has 9 heteroatoms. The van der Waals surface area contributed by atoms with Gasteiger partial charge in [0, 0.05) is 31.6 Å². The summed E-state index contributed by atoms with van der Waals surface area (Å²) in [6.07, 6.45) is 1.62. The fourth-order valence-electron chi connectivity index (χ4n) is 3.23. The Balaban J connectivity index is 0.00000225. The molecule has 1 aromatic heterocycles. The van der Waals surface area contributed by atoms with Crippen molar-refractivity contribution in [3.8, 4) is 5.75 Å². The van der Waals surface area contributed by atoms with Crippen molar-refractivity contribution >= 4 is 44.8 Å². The molecule has 0 aliphatic carbocycles. The van der Waals surface area contributed by atoms with Crippen molar-refractivity contribution in [2.75, 3.05) is 42.9 Å². The van der Waals surface area contributed by atoms with Crippen LogP contribution in [0.4, 0.5) is 11.4 Å². The van der Waals surface area contributed by atoms with Crippen molar-refractivity contribution in [3.05, 3.63) is 48.7 Å². The van der Waals surface area contributed by atoms with Crippen LogP contribution in [0.15, 0.2) is 58.0 Å². The van der Waals surface area contributed by atoms with Gasteiger partial charge in [-0.2, -0.15) is 0 Å².